The molecule has 0 aliphatic carbocycles. The van der Waals surface area contributed by atoms with Crippen LogP contribution in [0.2, 0.25) is 0 Å². The molecule has 2 N–H and O–H groups in total. The van der Waals surface area contributed by atoms with Gasteiger partial charge in [-0.25, -0.2) is 0 Å². The SMILES string of the molecule is Cc1nc([N+](=O)[O-])c(Nc2ccc3c(c2)CCCN3)n1C. The van der Waals surface area contributed by atoms with E-state index in [0.717, 1.165) is 30.8 Å². The van der Waals surface area contributed by atoms with E-state index in [1.165, 1.54) is 5.56 Å². The summed E-state index contributed by atoms with van der Waals surface area (Å²) in [6, 6.07) is 5.96. The fourth-order valence-corrected chi connectivity index (χ4v) is 2.55. The van der Waals surface area contributed by atoms with Crippen LogP contribution in [-0.4, -0.2) is 21.0 Å². The van der Waals surface area contributed by atoms with Crippen LogP contribution in [0.15, 0.2) is 18.2 Å². The van der Waals surface area contributed by atoms with Crippen molar-refractivity contribution in [2.24, 2.45) is 7.05 Å². The predicted molar refractivity (Wildman–Crippen MR) is 81.1 cm³/mol. The Morgan fingerprint density at radius 2 is 2.29 bits per heavy atom. The fourth-order valence-electron chi connectivity index (χ4n) is 2.55. The zero-order chi connectivity index (χ0) is 15.0. The molecule has 0 fully saturated rings. The van der Waals surface area contributed by atoms with Crippen molar-refractivity contribution in [2.45, 2.75) is 19.8 Å². The van der Waals surface area contributed by atoms with Crippen LogP contribution in [0.25, 0.3) is 0 Å². The highest BCUT2D eigenvalue weighted by atomic mass is 16.6. The second-order valence-corrected chi connectivity index (χ2v) is 5.17. The normalized spacial score (nSPS) is 13.4. The van der Waals surface area contributed by atoms with E-state index in [1.807, 2.05) is 18.2 Å². The number of aryl methyl sites for hydroxylation is 2. The van der Waals surface area contributed by atoms with Crippen LogP contribution in [0.1, 0.15) is 17.8 Å². The first kappa shape index (κ1) is 13.4. The van der Waals surface area contributed by atoms with Gasteiger partial charge in [-0.05, 0) is 46.5 Å². The van der Waals surface area contributed by atoms with Gasteiger partial charge >= 0.3 is 5.82 Å². The predicted octanol–water partition coefficient (Wildman–Crippen LogP) is 2.74. The Morgan fingerprint density at radius 1 is 1.48 bits per heavy atom. The zero-order valence-electron chi connectivity index (χ0n) is 12.0. The zero-order valence-corrected chi connectivity index (χ0v) is 12.0. The van der Waals surface area contributed by atoms with Gasteiger partial charge in [-0.15, -0.1) is 0 Å². The van der Waals surface area contributed by atoms with Crippen molar-refractivity contribution in [1.82, 2.24) is 9.55 Å². The molecule has 2 aromatic rings. The first-order valence-corrected chi connectivity index (χ1v) is 6.88. The van der Waals surface area contributed by atoms with Gasteiger partial charge in [0, 0.05) is 31.9 Å². The van der Waals surface area contributed by atoms with Crippen LogP contribution >= 0.6 is 0 Å². The lowest BCUT2D eigenvalue weighted by Crippen LogP contribution is -2.11. The maximum atomic E-state index is 11.1. The Labute approximate surface area is 122 Å². The van der Waals surface area contributed by atoms with Crippen LogP contribution in [0.3, 0.4) is 0 Å². The average molecular weight is 287 g/mol. The Kier molecular flexibility index (Phi) is 3.25. The van der Waals surface area contributed by atoms with E-state index in [9.17, 15) is 10.1 Å². The first-order valence-electron chi connectivity index (χ1n) is 6.88. The minimum atomic E-state index is -0.463. The molecule has 0 saturated carbocycles. The van der Waals surface area contributed by atoms with Gasteiger partial charge in [0.15, 0.2) is 0 Å². The number of nitrogens with zero attached hydrogens (tertiary/aromatic N) is 3. The summed E-state index contributed by atoms with van der Waals surface area (Å²) in [6.45, 7) is 2.74. The van der Waals surface area contributed by atoms with Crippen molar-refractivity contribution in [2.75, 3.05) is 17.2 Å². The minimum absolute atomic E-state index is 0.147. The highest BCUT2D eigenvalue weighted by molar-refractivity contribution is 5.68. The number of hydrogen-bond donors (Lipinski definition) is 2. The molecule has 1 aromatic heterocycles. The highest BCUT2D eigenvalue weighted by Gasteiger charge is 2.23. The van der Waals surface area contributed by atoms with Gasteiger partial charge in [-0.1, -0.05) is 0 Å². The lowest BCUT2D eigenvalue weighted by atomic mass is 10.0. The van der Waals surface area contributed by atoms with Gasteiger partial charge in [-0.3, -0.25) is 4.57 Å². The van der Waals surface area contributed by atoms with Crippen LogP contribution in [0, 0.1) is 17.0 Å². The molecular weight excluding hydrogens is 270 g/mol. The third-order valence-electron chi connectivity index (χ3n) is 3.78. The summed E-state index contributed by atoms with van der Waals surface area (Å²) in [7, 11) is 1.76. The largest absolute Gasteiger partial charge is 0.407 e. The van der Waals surface area contributed by atoms with E-state index >= 15 is 0 Å². The number of imidazole rings is 1. The summed E-state index contributed by atoms with van der Waals surface area (Å²) in [6.07, 6.45) is 2.12. The molecule has 0 amide bonds. The van der Waals surface area contributed by atoms with Gasteiger partial charge in [-0.2, -0.15) is 0 Å². The summed E-state index contributed by atoms with van der Waals surface area (Å²) >= 11 is 0. The average Bonchev–Trinajstić information content (AvgIpc) is 2.76. The summed E-state index contributed by atoms with van der Waals surface area (Å²) < 4.78 is 1.69. The van der Waals surface area contributed by atoms with E-state index in [1.54, 1.807) is 18.5 Å². The molecule has 1 aliphatic heterocycles. The second-order valence-electron chi connectivity index (χ2n) is 5.17. The first-order chi connectivity index (χ1) is 10.1. The number of hydrogen-bond acceptors (Lipinski definition) is 5. The Hall–Kier alpha value is -2.57. The number of benzene rings is 1. The fraction of sp³-hybridized carbons (Fsp3) is 0.357. The molecule has 2 heterocycles. The van der Waals surface area contributed by atoms with E-state index in [0.29, 0.717) is 11.6 Å². The number of fused-ring (bicyclic) bond motifs is 1. The van der Waals surface area contributed by atoms with Crippen molar-refractivity contribution in [3.8, 4) is 0 Å². The van der Waals surface area contributed by atoms with Crippen LogP contribution < -0.4 is 10.6 Å². The molecule has 0 bridgehead atoms. The molecule has 7 heteroatoms. The summed E-state index contributed by atoms with van der Waals surface area (Å²) in [5, 5.41) is 17.6. The molecule has 1 aromatic carbocycles. The molecule has 7 nitrogen and oxygen atoms in total. The number of anilines is 3. The van der Waals surface area contributed by atoms with E-state index < -0.39 is 4.92 Å². The lowest BCUT2D eigenvalue weighted by molar-refractivity contribution is -0.388. The van der Waals surface area contributed by atoms with Crippen molar-refractivity contribution in [3.63, 3.8) is 0 Å². The van der Waals surface area contributed by atoms with Crippen LogP contribution in [0.4, 0.5) is 23.0 Å². The van der Waals surface area contributed by atoms with Crippen molar-refractivity contribution in [1.29, 1.82) is 0 Å². The second kappa shape index (κ2) is 5.08. The van der Waals surface area contributed by atoms with Gasteiger partial charge in [0.05, 0.1) is 0 Å². The number of nitrogens with one attached hydrogen (secondary N) is 2. The Balaban J connectivity index is 1.95. The van der Waals surface area contributed by atoms with Gasteiger partial charge < -0.3 is 20.7 Å². The van der Waals surface area contributed by atoms with Crippen LogP contribution in [0.5, 0.6) is 0 Å². The third-order valence-corrected chi connectivity index (χ3v) is 3.78. The molecule has 0 radical (unpaired) electrons. The summed E-state index contributed by atoms with van der Waals surface area (Å²) in [5.41, 5.74) is 3.21. The van der Waals surface area contributed by atoms with Crippen molar-refractivity contribution >= 4 is 23.0 Å². The van der Waals surface area contributed by atoms with Crippen molar-refractivity contribution in [3.05, 3.63) is 39.7 Å². The van der Waals surface area contributed by atoms with Gasteiger partial charge in [0.25, 0.3) is 0 Å². The topological polar surface area (TPSA) is 85.0 Å². The monoisotopic (exact) mass is 287 g/mol. The van der Waals surface area contributed by atoms with Gasteiger partial charge in [0.1, 0.15) is 0 Å². The highest BCUT2D eigenvalue weighted by Crippen LogP contribution is 2.30. The minimum Gasteiger partial charge on any atom is -0.385 e. The van der Waals surface area contributed by atoms with Crippen molar-refractivity contribution < 1.29 is 4.92 Å². The Morgan fingerprint density at radius 3 is 3.05 bits per heavy atom. The molecule has 0 spiro atoms. The van der Waals surface area contributed by atoms with E-state index in [4.69, 9.17) is 0 Å². The Bertz CT molecular complexity index is 708. The van der Waals surface area contributed by atoms with E-state index in [2.05, 4.69) is 15.6 Å². The standard InChI is InChI=1S/C14H17N5O2/c1-9-16-14(19(20)21)13(18(9)2)17-11-5-6-12-10(8-11)4-3-7-15-12/h5-6,8,15,17H,3-4,7H2,1-2H3. The quantitative estimate of drug-likeness (QED) is 0.669. The van der Waals surface area contributed by atoms with Crippen LogP contribution in [-0.2, 0) is 13.5 Å². The summed E-state index contributed by atoms with van der Waals surface area (Å²) in [5.74, 6) is 0.857. The maximum Gasteiger partial charge on any atom is 0.407 e. The molecule has 110 valence electrons. The summed E-state index contributed by atoms with van der Waals surface area (Å²) in [4.78, 5) is 14.6. The molecule has 3 rings (SSSR count). The lowest BCUT2D eigenvalue weighted by Gasteiger charge is -2.19. The molecule has 21 heavy (non-hydrogen) atoms. The molecule has 0 atom stereocenters. The number of aromatic nitrogens is 2. The smallest absolute Gasteiger partial charge is 0.385 e. The number of rotatable bonds is 3. The maximum absolute atomic E-state index is 11.1. The van der Waals surface area contributed by atoms with Gasteiger partial charge in [0.2, 0.25) is 11.6 Å². The molecule has 0 saturated heterocycles. The molecular formula is C14H17N5O2. The number of nitro groups is 1. The third kappa shape index (κ3) is 2.42. The molecule has 0 unspecified atom stereocenters. The van der Waals surface area contributed by atoms with E-state index in [-0.39, 0.29) is 5.82 Å². The molecule has 1 aliphatic rings.